The monoisotopic (exact) mass is 393 g/mol. The molecule has 138 valence electrons. The van der Waals surface area contributed by atoms with Crippen LogP contribution in [0.5, 0.6) is 5.75 Å². The summed E-state index contributed by atoms with van der Waals surface area (Å²) in [4.78, 5) is 35.6. The van der Waals surface area contributed by atoms with Gasteiger partial charge < -0.3 is 24.5 Å². The summed E-state index contributed by atoms with van der Waals surface area (Å²) < 4.78 is 5.38. The van der Waals surface area contributed by atoms with Gasteiger partial charge in [0.15, 0.2) is 0 Å². The molecule has 1 aliphatic rings. The van der Waals surface area contributed by atoms with Crippen molar-refractivity contribution in [3.8, 4) is 5.75 Å². The zero-order chi connectivity index (χ0) is 19.3. The molecule has 0 unspecified atom stereocenters. The van der Waals surface area contributed by atoms with Crippen LogP contribution in [0.4, 0.5) is 0 Å². The van der Waals surface area contributed by atoms with E-state index >= 15 is 0 Å². The smallest absolute Gasteiger partial charge is 0.266 e. The van der Waals surface area contributed by atoms with Gasteiger partial charge in [0.2, 0.25) is 0 Å². The third-order valence-corrected chi connectivity index (χ3v) is 4.85. The van der Waals surface area contributed by atoms with Crippen LogP contribution in [0.2, 0.25) is 0 Å². The molecule has 2 rings (SSSR count). The number of thiocarbonyl (C=S) groups is 1. The lowest BCUT2D eigenvalue weighted by molar-refractivity contribution is -0.311. The van der Waals surface area contributed by atoms with Crippen LogP contribution in [0.1, 0.15) is 25.3 Å². The Morgan fingerprint density at radius 3 is 2.50 bits per heavy atom. The minimum atomic E-state index is -1.56. The van der Waals surface area contributed by atoms with Crippen LogP contribution in [0.25, 0.3) is 6.08 Å². The molecule has 0 aliphatic carbocycles. The molecule has 1 aromatic carbocycles. The van der Waals surface area contributed by atoms with Gasteiger partial charge in [-0.15, -0.1) is 0 Å². The van der Waals surface area contributed by atoms with Gasteiger partial charge >= 0.3 is 0 Å². The van der Waals surface area contributed by atoms with Crippen LogP contribution in [-0.4, -0.2) is 39.7 Å². The summed E-state index contributed by atoms with van der Waals surface area (Å²) in [7, 11) is 0. The SMILES string of the molecule is CCOc1ccc(/C=C2\SC(=S)N([C@@H](CCC(=O)[O-])C(=O)[O-])C2=O)cc1. The lowest BCUT2D eigenvalue weighted by Crippen LogP contribution is -2.50. The van der Waals surface area contributed by atoms with Crippen LogP contribution < -0.4 is 14.9 Å². The first kappa shape index (κ1) is 19.9. The third-order valence-electron chi connectivity index (χ3n) is 3.52. The van der Waals surface area contributed by atoms with E-state index in [1.54, 1.807) is 30.3 Å². The number of hydrogen-bond donors (Lipinski definition) is 0. The molecule has 1 atom stereocenters. The van der Waals surface area contributed by atoms with Gasteiger partial charge in [0.25, 0.3) is 5.91 Å². The minimum absolute atomic E-state index is 0.0414. The molecule has 0 radical (unpaired) electrons. The van der Waals surface area contributed by atoms with Crippen molar-refractivity contribution in [2.45, 2.75) is 25.8 Å². The molecule has 9 heteroatoms. The van der Waals surface area contributed by atoms with E-state index in [4.69, 9.17) is 17.0 Å². The van der Waals surface area contributed by atoms with E-state index < -0.39 is 30.3 Å². The second kappa shape index (κ2) is 8.81. The van der Waals surface area contributed by atoms with E-state index in [2.05, 4.69) is 0 Å². The molecule has 1 saturated heterocycles. The fraction of sp³-hybridized carbons (Fsp3) is 0.294. The number of nitrogens with zero attached hydrogens (tertiary/aromatic N) is 1. The molecular weight excluding hydrogens is 378 g/mol. The van der Waals surface area contributed by atoms with E-state index in [1.165, 1.54) is 0 Å². The van der Waals surface area contributed by atoms with Crippen molar-refractivity contribution in [1.29, 1.82) is 0 Å². The Morgan fingerprint density at radius 1 is 1.31 bits per heavy atom. The first-order valence-corrected chi connectivity index (χ1v) is 8.96. The molecule has 1 amide bonds. The lowest BCUT2D eigenvalue weighted by Gasteiger charge is -2.27. The van der Waals surface area contributed by atoms with E-state index in [9.17, 15) is 24.6 Å². The summed E-state index contributed by atoms with van der Waals surface area (Å²) in [6.45, 7) is 2.40. The number of carboxylic acids is 2. The number of ether oxygens (including phenoxy) is 1. The number of amides is 1. The van der Waals surface area contributed by atoms with E-state index in [1.807, 2.05) is 6.92 Å². The molecule has 1 aromatic rings. The number of hydrogen-bond acceptors (Lipinski definition) is 8. The number of aliphatic carboxylic acids is 2. The molecule has 1 heterocycles. The maximum atomic E-state index is 12.6. The van der Waals surface area contributed by atoms with Crippen LogP contribution in [0, 0.1) is 0 Å². The molecule has 0 N–H and O–H groups in total. The van der Waals surface area contributed by atoms with Crippen molar-refractivity contribution in [2.24, 2.45) is 0 Å². The topological polar surface area (TPSA) is 110 Å². The number of benzene rings is 1. The summed E-state index contributed by atoms with van der Waals surface area (Å²) in [5.74, 6) is -2.88. The fourth-order valence-electron chi connectivity index (χ4n) is 2.33. The zero-order valence-corrected chi connectivity index (χ0v) is 15.4. The van der Waals surface area contributed by atoms with Crippen molar-refractivity contribution in [3.05, 3.63) is 34.7 Å². The van der Waals surface area contributed by atoms with Crippen LogP contribution >= 0.6 is 24.0 Å². The second-order valence-corrected chi connectivity index (χ2v) is 6.98. The van der Waals surface area contributed by atoms with Crippen molar-refractivity contribution >= 4 is 52.2 Å². The van der Waals surface area contributed by atoms with Gasteiger partial charge in [0.1, 0.15) is 10.1 Å². The molecule has 0 spiro atoms. The molecule has 26 heavy (non-hydrogen) atoms. The molecular formula is C17H15NO6S2-2. The average Bonchev–Trinajstić information content (AvgIpc) is 2.84. The van der Waals surface area contributed by atoms with Gasteiger partial charge in [0, 0.05) is 5.97 Å². The summed E-state index contributed by atoms with van der Waals surface area (Å²) >= 11 is 6.05. The van der Waals surface area contributed by atoms with Crippen LogP contribution in [-0.2, 0) is 14.4 Å². The number of thioether (sulfide) groups is 1. The summed E-state index contributed by atoms with van der Waals surface area (Å²) in [6, 6.07) is 5.56. The summed E-state index contributed by atoms with van der Waals surface area (Å²) in [5, 5.41) is 21.9. The predicted octanol–water partition coefficient (Wildman–Crippen LogP) is -0.0649. The number of carbonyl (C=O) groups excluding carboxylic acids is 3. The average molecular weight is 393 g/mol. The largest absolute Gasteiger partial charge is 0.550 e. The molecule has 0 aromatic heterocycles. The fourth-order valence-corrected chi connectivity index (χ4v) is 3.69. The van der Waals surface area contributed by atoms with Crippen molar-refractivity contribution in [2.75, 3.05) is 6.61 Å². The van der Waals surface area contributed by atoms with Crippen molar-refractivity contribution in [3.63, 3.8) is 0 Å². The van der Waals surface area contributed by atoms with Gasteiger partial charge in [-0.1, -0.05) is 36.1 Å². The van der Waals surface area contributed by atoms with Gasteiger partial charge in [-0.25, -0.2) is 0 Å². The Kier molecular flexibility index (Phi) is 6.76. The Balaban J connectivity index is 2.20. The highest BCUT2D eigenvalue weighted by Gasteiger charge is 2.37. The van der Waals surface area contributed by atoms with Gasteiger partial charge in [0.05, 0.1) is 23.5 Å². The Hall–Kier alpha value is -2.39. The third kappa shape index (κ3) is 4.83. The van der Waals surface area contributed by atoms with Gasteiger partial charge in [-0.2, -0.15) is 0 Å². The van der Waals surface area contributed by atoms with Crippen molar-refractivity contribution in [1.82, 2.24) is 4.90 Å². The highest BCUT2D eigenvalue weighted by molar-refractivity contribution is 8.26. The van der Waals surface area contributed by atoms with Gasteiger partial charge in [-0.3, -0.25) is 9.69 Å². The predicted molar refractivity (Wildman–Crippen MR) is 95.7 cm³/mol. The number of carboxylic acid groups (broad SMARTS) is 2. The highest BCUT2D eigenvalue weighted by atomic mass is 32.2. The first-order chi connectivity index (χ1) is 12.3. The Labute approximate surface area is 159 Å². The quantitative estimate of drug-likeness (QED) is 0.446. The van der Waals surface area contributed by atoms with Crippen LogP contribution in [0.15, 0.2) is 29.2 Å². The number of rotatable bonds is 8. The molecule has 0 saturated carbocycles. The maximum Gasteiger partial charge on any atom is 0.266 e. The standard InChI is InChI=1S/C17H17NO6S2/c1-2-24-11-5-3-10(4-6-11)9-13-15(21)18(17(25)26-13)12(16(22)23)7-8-14(19)20/h3-6,9,12H,2,7-8H2,1H3,(H,19,20)(H,22,23)/p-2/b13-9-/t12-/m0/s1. The van der Waals surface area contributed by atoms with E-state index in [0.29, 0.717) is 17.9 Å². The highest BCUT2D eigenvalue weighted by Crippen LogP contribution is 2.34. The van der Waals surface area contributed by atoms with E-state index in [-0.39, 0.29) is 15.6 Å². The number of carbonyl (C=O) groups is 3. The normalized spacial score (nSPS) is 16.8. The molecule has 1 aliphatic heterocycles. The molecule has 1 fully saturated rings. The zero-order valence-electron chi connectivity index (χ0n) is 13.8. The maximum absolute atomic E-state index is 12.6. The minimum Gasteiger partial charge on any atom is -0.550 e. The second-order valence-electron chi connectivity index (χ2n) is 5.30. The Bertz CT molecular complexity index is 759. The van der Waals surface area contributed by atoms with E-state index in [0.717, 1.165) is 16.7 Å². The van der Waals surface area contributed by atoms with Gasteiger partial charge in [-0.05, 0) is 43.5 Å². The lowest BCUT2D eigenvalue weighted by atomic mass is 10.1. The van der Waals surface area contributed by atoms with Crippen molar-refractivity contribution < 1.29 is 29.3 Å². The summed E-state index contributed by atoms with van der Waals surface area (Å²) in [5.41, 5.74) is 0.716. The molecule has 7 nitrogen and oxygen atoms in total. The summed E-state index contributed by atoms with van der Waals surface area (Å²) in [6.07, 6.45) is 0.723. The first-order valence-electron chi connectivity index (χ1n) is 7.74. The molecule has 0 bridgehead atoms. The van der Waals surface area contributed by atoms with Crippen LogP contribution in [0.3, 0.4) is 0 Å². The Morgan fingerprint density at radius 2 is 1.96 bits per heavy atom.